The molecule has 8 heteroatoms. The fourth-order valence-corrected chi connectivity index (χ4v) is 2.77. The van der Waals surface area contributed by atoms with Crippen molar-refractivity contribution in [2.75, 3.05) is 12.3 Å². The molecule has 0 fully saturated rings. The van der Waals surface area contributed by atoms with E-state index < -0.39 is 0 Å². The monoisotopic (exact) mass is 289 g/mol. The summed E-state index contributed by atoms with van der Waals surface area (Å²) in [4.78, 5) is 21.4. The van der Waals surface area contributed by atoms with E-state index in [-0.39, 0.29) is 5.91 Å². The smallest absolute Gasteiger partial charge is 0.263 e. The molecule has 1 amide bonds. The number of nitrogen functional groups attached to an aromatic ring is 1. The zero-order valence-electron chi connectivity index (χ0n) is 10.4. The molecule has 0 saturated carbocycles. The summed E-state index contributed by atoms with van der Waals surface area (Å²) in [6, 6.07) is 3.65. The molecule has 3 heterocycles. The number of fused-ring (bicyclic) bond motifs is 1. The SMILES string of the molecule is Nc1c(C(=O)NCCc2ncon2)sc2ncccc12. The van der Waals surface area contributed by atoms with Crippen LogP contribution in [-0.2, 0) is 6.42 Å². The molecule has 7 nitrogen and oxygen atoms in total. The second-order valence-corrected chi connectivity index (χ2v) is 5.05. The van der Waals surface area contributed by atoms with E-state index in [1.165, 1.54) is 17.7 Å². The van der Waals surface area contributed by atoms with Crippen LogP contribution >= 0.6 is 11.3 Å². The van der Waals surface area contributed by atoms with Crippen LogP contribution in [0.4, 0.5) is 5.69 Å². The minimum absolute atomic E-state index is 0.214. The van der Waals surface area contributed by atoms with Crippen LogP contribution in [0.25, 0.3) is 10.2 Å². The Labute approximate surface area is 117 Å². The van der Waals surface area contributed by atoms with E-state index in [0.717, 1.165) is 10.2 Å². The molecule has 0 aliphatic carbocycles. The first-order valence-electron chi connectivity index (χ1n) is 5.92. The molecule has 3 rings (SSSR count). The molecule has 0 bridgehead atoms. The third kappa shape index (κ3) is 2.32. The lowest BCUT2D eigenvalue weighted by Crippen LogP contribution is -2.25. The topological polar surface area (TPSA) is 107 Å². The zero-order valence-corrected chi connectivity index (χ0v) is 11.2. The van der Waals surface area contributed by atoms with Gasteiger partial charge in [0, 0.05) is 24.5 Å². The van der Waals surface area contributed by atoms with E-state index in [1.807, 2.05) is 6.07 Å². The highest BCUT2D eigenvalue weighted by molar-refractivity contribution is 7.21. The number of pyridine rings is 1. The number of carbonyl (C=O) groups is 1. The highest BCUT2D eigenvalue weighted by atomic mass is 32.1. The lowest BCUT2D eigenvalue weighted by Gasteiger charge is -2.02. The first kappa shape index (κ1) is 12.5. The maximum atomic E-state index is 12.1. The number of hydrogen-bond donors (Lipinski definition) is 2. The number of rotatable bonds is 4. The Morgan fingerprint density at radius 2 is 2.35 bits per heavy atom. The number of thiophene rings is 1. The van der Waals surface area contributed by atoms with Crippen molar-refractivity contribution in [3.8, 4) is 0 Å². The molecule has 3 aromatic heterocycles. The Morgan fingerprint density at radius 1 is 1.45 bits per heavy atom. The number of nitrogens with zero attached hydrogens (tertiary/aromatic N) is 3. The fraction of sp³-hybridized carbons (Fsp3) is 0.167. The van der Waals surface area contributed by atoms with Crippen molar-refractivity contribution in [3.05, 3.63) is 35.4 Å². The maximum Gasteiger partial charge on any atom is 0.263 e. The standard InChI is InChI=1S/C12H11N5O2S/c13-9-7-2-1-4-15-12(7)20-10(9)11(18)14-5-3-8-16-6-19-17-8/h1-2,4,6H,3,5,13H2,(H,14,18). The van der Waals surface area contributed by atoms with Gasteiger partial charge in [0.05, 0.1) is 5.69 Å². The van der Waals surface area contributed by atoms with Gasteiger partial charge in [-0.1, -0.05) is 5.16 Å². The molecule has 0 saturated heterocycles. The molecule has 0 spiro atoms. The van der Waals surface area contributed by atoms with Gasteiger partial charge in [-0.05, 0) is 12.1 Å². The summed E-state index contributed by atoms with van der Waals surface area (Å²) in [6.07, 6.45) is 3.44. The zero-order chi connectivity index (χ0) is 13.9. The summed E-state index contributed by atoms with van der Waals surface area (Å²) in [5.41, 5.74) is 6.44. The average molecular weight is 289 g/mol. The van der Waals surface area contributed by atoms with E-state index in [9.17, 15) is 4.79 Å². The largest absolute Gasteiger partial charge is 0.397 e. The fourth-order valence-electron chi connectivity index (χ4n) is 1.79. The number of nitrogens with one attached hydrogen (secondary N) is 1. The highest BCUT2D eigenvalue weighted by Gasteiger charge is 2.16. The molecule has 3 N–H and O–H groups in total. The van der Waals surface area contributed by atoms with Crippen LogP contribution in [0.2, 0.25) is 0 Å². The maximum absolute atomic E-state index is 12.1. The van der Waals surface area contributed by atoms with Gasteiger partial charge in [-0.2, -0.15) is 4.98 Å². The van der Waals surface area contributed by atoms with E-state index >= 15 is 0 Å². The molecular weight excluding hydrogens is 278 g/mol. The van der Waals surface area contributed by atoms with Crippen LogP contribution in [0.15, 0.2) is 29.2 Å². The van der Waals surface area contributed by atoms with Gasteiger partial charge in [0.15, 0.2) is 5.82 Å². The quantitative estimate of drug-likeness (QED) is 0.748. The molecule has 0 unspecified atom stereocenters. The molecule has 0 atom stereocenters. The molecule has 3 aromatic rings. The first-order chi connectivity index (χ1) is 9.75. The molecule has 20 heavy (non-hydrogen) atoms. The van der Waals surface area contributed by atoms with Gasteiger partial charge in [0.2, 0.25) is 6.39 Å². The van der Waals surface area contributed by atoms with Gasteiger partial charge in [-0.3, -0.25) is 4.79 Å². The molecule has 0 aliphatic heterocycles. The van der Waals surface area contributed by atoms with E-state index in [2.05, 4.69) is 25.0 Å². The molecular formula is C12H11N5O2S. The summed E-state index contributed by atoms with van der Waals surface area (Å²) >= 11 is 1.28. The van der Waals surface area contributed by atoms with Gasteiger partial charge in [-0.15, -0.1) is 11.3 Å². The normalized spacial score (nSPS) is 10.8. The Hall–Kier alpha value is -2.48. The lowest BCUT2D eigenvalue weighted by atomic mass is 10.2. The van der Waals surface area contributed by atoms with Crippen LogP contribution in [0.3, 0.4) is 0 Å². The van der Waals surface area contributed by atoms with Crippen LogP contribution in [0, 0.1) is 0 Å². The van der Waals surface area contributed by atoms with Crippen LogP contribution in [0.5, 0.6) is 0 Å². The number of amides is 1. The van der Waals surface area contributed by atoms with E-state index in [1.54, 1.807) is 12.3 Å². The third-order valence-electron chi connectivity index (χ3n) is 2.75. The highest BCUT2D eigenvalue weighted by Crippen LogP contribution is 2.31. The van der Waals surface area contributed by atoms with Crippen molar-refractivity contribution < 1.29 is 9.32 Å². The second kappa shape index (κ2) is 5.25. The first-order valence-corrected chi connectivity index (χ1v) is 6.74. The Kier molecular flexibility index (Phi) is 3.30. The van der Waals surface area contributed by atoms with Gasteiger partial charge in [0.25, 0.3) is 5.91 Å². The van der Waals surface area contributed by atoms with Gasteiger partial charge < -0.3 is 15.6 Å². The summed E-state index contributed by atoms with van der Waals surface area (Å²) in [7, 11) is 0. The van der Waals surface area contributed by atoms with Crippen LogP contribution in [-0.4, -0.2) is 27.6 Å². The molecule has 0 aromatic carbocycles. The number of nitrogens with two attached hydrogens (primary N) is 1. The minimum atomic E-state index is -0.214. The van der Waals surface area contributed by atoms with Crippen molar-refractivity contribution in [3.63, 3.8) is 0 Å². The Morgan fingerprint density at radius 3 is 3.10 bits per heavy atom. The Bertz CT molecular complexity index is 737. The van der Waals surface area contributed by atoms with Crippen LogP contribution in [0.1, 0.15) is 15.5 Å². The minimum Gasteiger partial charge on any atom is -0.397 e. The number of aromatic nitrogens is 3. The van der Waals surface area contributed by atoms with Gasteiger partial charge in [0.1, 0.15) is 9.71 Å². The summed E-state index contributed by atoms with van der Waals surface area (Å²) in [5.74, 6) is 0.338. The molecule has 0 aliphatic rings. The second-order valence-electron chi connectivity index (χ2n) is 4.05. The molecule has 102 valence electrons. The Balaban J connectivity index is 1.71. The van der Waals surface area contributed by atoms with Crippen molar-refractivity contribution >= 4 is 33.1 Å². The summed E-state index contributed by atoms with van der Waals surface area (Å²) < 4.78 is 4.62. The van der Waals surface area contributed by atoms with Crippen LogP contribution < -0.4 is 11.1 Å². The number of carbonyl (C=O) groups excluding carboxylic acids is 1. The summed E-state index contributed by atoms with van der Waals surface area (Å²) in [5, 5.41) is 7.26. The third-order valence-corrected chi connectivity index (χ3v) is 3.88. The van der Waals surface area contributed by atoms with Crippen molar-refractivity contribution in [1.82, 2.24) is 20.4 Å². The van der Waals surface area contributed by atoms with Crippen molar-refractivity contribution in [2.24, 2.45) is 0 Å². The van der Waals surface area contributed by atoms with E-state index in [0.29, 0.717) is 29.4 Å². The van der Waals surface area contributed by atoms with Gasteiger partial charge in [-0.25, -0.2) is 4.98 Å². The predicted molar refractivity (Wildman–Crippen MR) is 74.4 cm³/mol. The van der Waals surface area contributed by atoms with Gasteiger partial charge >= 0.3 is 0 Å². The average Bonchev–Trinajstić information content (AvgIpc) is 3.08. The summed E-state index contributed by atoms with van der Waals surface area (Å²) in [6.45, 7) is 0.416. The van der Waals surface area contributed by atoms with Crippen molar-refractivity contribution in [2.45, 2.75) is 6.42 Å². The number of anilines is 1. The predicted octanol–water partition coefficient (Wildman–Crippen LogP) is 1.23. The lowest BCUT2D eigenvalue weighted by molar-refractivity contribution is 0.0959. The van der Waals surface area contributed by atoms with Crippen molar-refractivity contribution in [1.29, 1.82) is 0 Å². The number of hydrogen-bond acceptors (Lipinski definition) is 7. The molecule has 0 radical (unpaired) electrons. The van der Waals surface area contributed by atoms with E-state index in [4.69, 9.17) is 5.73 Å².